The second-order valence-electron chi connectivity index (χ2n) is 9.64. The zero-order valence-electron chi connectivity index (χ0n) is 17.2. The number of rotatable bonds is 4. The molecule has 1 nitrogen and oxygen atoms in total. The molecule has 6 atom stereocenters. The third-order valence-electron chi connectivity index (χ3n) is 8.00. The summed E-state index contributed by atoms with van der Waals surface area (Å²) in [6.07, 6.45) is 7.80. The molecule has 0 amide bonds. The van der Waals surface area contributed by atoms with Gasteiger partial charge in [-0.15, -0.1) is 13.2 Å². The normalized spacial score (nSPS) is 34.9. The van der Waals surface area contributed by atoms with E-state index in [1.807, 2.05) is 0 Å². The van der Waals surface area contributed by atoms with Gasteiger partial charge in [0, 0.05) is 0 Å². The Hall–Kier alpha value is -1.26. The highest BCUT2D eigenvalue weighted by Crippen LogP contribution is 2.55. The van der Waals surface area contributed by atoms with Crippen molar-refractivity contribution in [1.29, 1.82) is 0 Å². The third-order valence-corrected chi connectivity index (χ3v) is 8.00. The molecule has 1 aromatic rings. The molecule has 3 aliphatic rings. The molecule has 0 bridgehead atoms. The summed E-state index contributed by atoms with van der Waals surface area (Å²) in [6, 6.07) is 4.01. The molecule has 0 heterocycles. The molecule has 5 heteroatoms. The summed E-state index contributed by atoms with van der Waals surface area (Å²) < 4.78 is 55.1. The van der Waals surface area contributed by atoms with Crippen molar-refractivity contribution in [3.63, 3.8) is 0 Å². The Morgan fingerprint density at radius 3 is 2.28 bits per heavy atom. The first-order valence-corrected chi connectivity index (χ1v) is 11.4. The van der Waals surface area contributed by atoms with E-state index in [-0.39, 0.29) is 5.92 Å². The maximum absolute atomic E-state index is 14.2. The minimum Gasteiger partial charge on any atom is -0.403 e. The lowest BCUT2D eigenvalue weighted by molar-refractivity contribution is -0.275. The third kappa shape index (κ3) is 4.74. The van der Waals surface area contributed by atoms with E-state index in [4.69, 9.17) is 0 Å². The molecule has 3 aliphatic carbocycles. The monoisotopic (exact) mass is 412 g/mol. The number of halogens is 4. The van der Waals surface area contributed by atoms with Crippen LogP contribution in [-0.4, -0.2) is 6.36 Å². The van der Waals surface area contributed by atoms with E-state index in [2.05, 4.69) is 11.7 Å². The van der Waals surface area contributed by atoms with Gasteiger partial charge in [-0.05, 0) is 98.1 Å². The van der Waals surface area contributed by atoms with Gasteiger partial charge in [-0.2, -0.15) is 0 Å². The van der Waals surface area contributed by atoms with Gasteiger partial charge in [0.05, 0.1) is 0 Å². The number of fused-ring (bicyclic) bond motifs is 3. The molecule has 0 aromatic heterocycles. The first-order chi connectivity index (χ1) is 13.8. The fourth-order valence-corrected chi connectivity index (χ4v) is 6.84. The van der Waals surface area contributed by atoms with Gasteiger partial charge < -0.3 is 4.74 Å². The highest BCUT2D eigenvalue weighted by atomic mass is 19.4. The van der Waals surface area contributed by atoms with Crippen molar-refractivity contribution in [2.45, 2.75) is 83.4 Å². The van der Waals surface area contributed by atoms with E-state index in [1.165, 1.54) is 57.4 Å². The predicted octanol–water partition coefficient (Wildman–Crippen LogP) is 7.85. The molecule has 3 fully saturated rings. The molecule has 4 rings (SSSR count). The Morgan fingerprint density at radius 1 is 0.931 bits per heavy atom. The maximum Gasteiger partial charge on any atom is 0.573 e. The SMILES string of the molecule is CCCC1CCC2C(CCC3CC(c4ccc(OC(F)(F)F)c(F)c4)CCC32)C1. The largest absolute Gasteiger partial charge is 0.573 e. The van der Waals surface area contributed by atoms with Crippen LogP contribution in [0.15, 0.2) is 18.2 Å². The van der Waals surface area contributed by atoms with Crippen LogP contribution in [0.4, 0.5) is 17.6 Å². The number of ether oxygens (including phenoxy) is 1. The lowest BCUT2D eigenvalue weighted by Crippen LogP contribution is -2.41. The van der Waals surface area contributed by atoms with Crippen LogP contribution < -0.4 is 4.74 Å². The smallest absolute Gasteiger partial charge is 0.403 e. The second-order valence-corrected chi connectivity index (χ2v) is 9.64. The quantitative estimate of drug-likeness (QED) is 0.458. The number of hydrogen-bond donors (Lipinski definition) is 0. The standard InChI is InChI=1S/C24H32F4O/c1-2-3-15-4-9-20-18(12-15)5-6-19-13-16(7-10-21(19)20)17-8-11-23(22(25)14-17)29-24(26,27)28/h8,11,14-16,18-21H,2-7,9-10,12-13H2,1H3. The Balaban J connectivity index is 1.39. The Kier molecular flexibility index (Phi) is 6.13. The number of benzene rings is 1. The summed E-state index contributed by atoms with van der Waals surface area (Å²) in [5, 5.41) is 0. The molecule has 3 saturated carbocycles. The van der Waals surface area contributed by atoms with E-state index in [0.29, 0.717) is 5.92 Å². The van der Waals surface area contributed by atoms with Crippen molar-refractivity contribution < 1.29 is 22.3 Å². The Morgan fingerprint density at radius 2 is 1.62 bits per heavy atom. The van der Waals surface area contributed by atoms with Crippen LogP contribution in [0.3, 0.4) is 0 Å². The molecule has 0 N–H and O–H groups in total. The van der Waals surface area contributed by atoms with Crippen molar-refractivity contribution in [3.8, 4) is 5.75 Å². The molecule has 29 heavy (non-hydrogen) atoms. The lowest BCUT2D eigenvalue weighted by atomic mass is 9.55. The molecular weight excluding hydrogens is 380 g/mol. The number of hydrogen-bond acceptors (Lipinski definition) is 1. The zero-order valence-corrected chi connectivity index (χ0v) is 17.2. The van der Waals surface area contributed by atoms with Crippen LogP contribution in [0, 0.1) is 35.4 Å². The van der Waals surface area contributed by atoms with E-state index in [0.717, 1.165) is 48.1 Å². The average Bonchev–Trinajstić information content (AvgIpc) is 2.68. The van der Waals surface area contributed by atoms with E-state index < -0.39 is 17.9 Å². The fourth-order valence-electron chi connectivity index (χ4n) is 6.84. The molecule has 6 unspecified atom stereocenters. The van der Waals surface area contributed by atoms with E-state index >= 15 is 0 Å². The molecule has 0 radical (unpaired) electrons. The van der Waals surface area contributed by atoms with Gasteiger partial charge in [-0.3, -0.25) is 0 Å². The number of alkyl halides is 3. The molecule has 162 valence electrons. The van der Waals surface area contributed by atoms with E-state index in [1.54, 1.807) is 6.07 Å². The van der Waals surface area contributed by atoms with Crippen LogP contribution in [0.1, 0.15) is 82.6 Å². The van der Waals surface area contributed by atoms with Crippen molar-refractivity contribution in [2.75, 3.05) is 0 Å². The van der Waals surface area contributed by atoms with Gasteiger partial charge in [0.2, 0.25) is 0 Å². The minimum atomic E-state index is -4.87. The molecule has 0 aliphatic heterocycles. The summed E-state index contributed by atoms with van der Waals surface area (Å²) in [6.45, 7) is 2.29. The van der Waals surface area contributed by atoms with Crippen molar-refractivity contribution in [2.24, 2.45) is 29.6 Å². The molecule has 1 aromatic carbocycles. The second kappa shape index (κ2) is 8.47. The van der Waals surface area contributed by atoms with Gasteiger partial charge in [-0.25, -0.2) is 4.39 Å². The van der Waals surface area contributed by atoms with Crippen LogP contribution in [-0.2, 0) is 0 Å². The summed E-state index contributed by atoms with van der Waals surface area (Å²) in [5.41, 5.74) is 0.823. The fraction of sp³-hybridized carbons (Fsp3) is 0.750. The van der Waals surface area contributed by atoms with Crippen molar-refractivity contribution in [3.05, 3.63) is 29.6 Å². The Bertz CT molecular complexity index is 701. The van der Waals surface area contributed by atoms with Crippen molar-refractivity contribution in [1.82, 2.24) is 0 Å². The first kappa shape index (κ1) is 21.0. The first-order valence-electron chi connectivity index (χ1n) is 11.4. The van der Waals surface area contributed by atoms with E-state index in [9.17, 15) is 17.6 Å². The summed E-state index contributed by atoms with van der Waals surface area (Å²) in [4.78, 5) is 0. The minimum absolute atomic E-state index is 0.249. The van der Waals surface area contributed by atoms with Crippen LogP contribution in [0.25, 0.3) is 0 Å². The van der Waals surface area contributed by atoms with Gasteiger partial charge in [-0.1, -0.05) is 32.3 Å². The zero-order chi connectivity index (χ0) is 20.6. The van der Waals surface area contributed by atoms with Crippen LogP contribution >= 0.6 is 0 Å². The van der Waals surface area contributed by atoms with Gasteiger partial charge in [0.1, 0.15) is 0 Å². The highest BCUT2D eigenvalue weighted by molar-refractivity contribution is 5.32. The van der Waals surface area contributed by atoms with Crippen molar-refractivity contribution >= 4 is 0 Å². The summed E-state index contributed by atoms with van der Waals surface area (Å²) in [7, 11) is 0. The van der Waals surface area contributed by atoms with Crippen LogP contribution in [0.5, 0.6) is 5.75 Å². The maximum atomic E-state index is 14.2. The summed E-state index contributed by atoms with van der Waals surface area (Å²) in [5.74, 6) is 2.76. The topological polar surface area (TPSA) is 9.23 Å². The predicted molar refractivity (Wildman–Crippen MR) is 105 cm³/mol. The lowest BCUT2D eigenvalue weighted by Gasteiger charge is -2.51. The molecule has 0 saturated heterocycles. The van der Waals surface area contributed by atoms with Gasteiger partial charge in [0.25, 0.3) is 0 Å². The van der Waals surface area contributed by atoms with Gasteiger partial charge >= 0.3 is 6.36 Å². The molecular formula is C24H32F4O. The van der Waals surface area contributed by atoms with Gasteiger partial charge in [0.15, 0.2) is 11.6 Å². The Labute approximate surface area is 171 Å². The average molecular weight is 413 g/mol. The summed E-state index contributed by atoms with van der Waals surface area (Å²) >= 11 is 0. The van der Waals surface area contributed by atoms with Crippen LogP contribution in [0.2, 0.25) is 0 Å². The molecule has 0 spiro atoms. The highest BCUT2D eigenvalue weighted by Gasteiger charge is 2.44.